The Balaban J connectivity index is 3.66. The van der Waals surface area contributed by atoms with Gasteiger partial charge >= 0.3 is 5.97 Å². The van der Waals surface area contributed by atoms with Gasteiger partial charge in [-0.05, 0) is 33.5 Å². The van der Waals surface area contributed by atoms with Crippen molar-refractivity contribution < 1.29 is 9.53 Å². The van der Waals surface area contributed by atoms with E-state index in [2.05, 4.69) is 9.64 Å². The molecule has 0 bridgehead atoms. The van der Waals surface area contributed by atoms with Crippen molar-refractivity contribution in [2.24, 2.45) is 11.7 Å². The van der Waals surface area contributed by atoms with Gasteiger partial charge < -0.3 is 15.4 Å². The van der Waals surface area contributed by atoms with Gasteiger partial charge in [0.1, 0.15) is 0 Å². The number of ether oxygens (including phenoxy) is 1. The summed E-state index contributed by atoms with van der Waals surface area (Å²) in [6, 6.07) is 0. The van der Waals surface area contributed by atoms with Crippen LogP contribution in [0.5, 0.6) is 0 Å². The van der Waals surface area contributed by atoms with E-state index in [1.807, 2.05) is 14.1 Å². The lowest BCUT2D eigenvalue weighted by molar-refractivity contribution is -0.145. The molecule has 0 saturated heterocycles. The number of hydrogen-bond donors (Lipinski definition) is 1. The molecule has 4 nitrogen and oxygen atoms in total. The highest BCUT2D eigenvalue weighted by Crippen LogP contribution is 2.06. The van der Waals surface area contributed by atoms with Crippen LogP contribution < -0.4 is 5.73 Å². The molecule has 2 N–H and O–H groups in total. The molecule has 0 heterocycles. The smallest absolute Gasteiger partial charge is 0.309 e. The van der Waals surface area contributed by atoms with E-state index in [1.54, 1.807) is 0 Å². The second-order valence-electron chi connectivity index (χ2n) is 3.40. The van der Waals surface area contributed by atoms with Crippen LogP contribution in [0.3, 0.4) is 0 Å². The molecular formula is C9H20N2O2. The van der Waals surface area contributed by atoms with Crippen molar-refractivity contribution in [3.63, 3.8) is 0 Å². The van der Waals surface area contributed by atoms with Crippen LogP contribution in [0.1, 0.15) is 12.8 Å². The van der Waals surface area contributed by atoms with Gasteiger partial charge in [-0.25, -0.2) is 0 Å². The molecular weight excluding hydrogens is 168 g/mol. The number of rotatable bonds is 6. The predicted octanol–water partition coefficient (Wildman–Crippen LogP) is 0.0761. The Morgan fingerprint density at radius 2 is 2.15 bits per heavy atom. The van der Waals surface area contributed by atoms with E-state index in [0.717, 1.165) is 19.4 Å². The van der Waals surface area contributed by atoms with Gasteiger partial charge in [0.25, 0.3) is 0 Å². The van der Waals surface area contributed by atoms with Gasteiger partial charge in [0, 0.05) is 6.54 Å². The summed E-state index contributed by atoms with van der Waals surface area (Å²) in [5, 5.41) is 0. The highest BCUT2D eigenvalue weighted by molar-refractivity contribution is 5.72. The molecule has 0 aliphatic carbocycles. The van der Waals surface area contributed by atoms with Crippen molar-refractivity contribution in [1.82, 2.24) is 4.90 Å². The fraction of sp³-hybridized carbons (Fsp3) is 0.889. The third-order valence-corrected chi connectivity index (χ3v) is 1.98. The molecule has 0 radical (unpaired) electrons. The first-order valence-electron chi connectivity index (χ1n) is 4.54. The number of methoxy groups -OCH3 is 1. The Kier molecular flexibility index (Phi) is 6.54. The fourth-order valence-corrected chi connectivity index (χ4v) is 1.15. The van der Waals surface area contributed by atoms with Gasteiger partial charge in [0.15, 0.2) is 0 Å². The molecule has 0 spiro atoms. The minimum atomic E-state index is -0.193. The first kappa shape index (κ1) is 12.4. The molecule has 0 saturated carbocycles. The van der Waals surface area contributed by atoms with Gasteiger partial charge in [-0.15, -0.1) is 0 Å². The highest BCUT2D eigenvalue weighted by atomic mass is 16.5. The van der Waals surface area contributed by atoms with Gasteiger partial charge in [-0.3, -0.25) is 4.79 Å². The SMILES string of the molecule is COC(=O)C(CN)CCCN(C)C. The quantitative estimate of drug-likeness (QED) is 0.600. The van der Waals surface area contributed by atoms with E-state index in [9.17, 15) is 4.79 Å². The molecule has 4 heteroatoms. The molecule has 78 valence electrons. The van der Waals surface area contributed by atoms with Crippen molar-refractivity contribution in [3.05, 3.63) is 0 Å². The number of carbonyl (C=O) groups excluding carboxylic acids is 1. The molecule has 0 aliphatic heterocycles. The molecule has 0 aromatic carbocycles. The van der Waals surface area contributed by atoms with E-state index in [-0.39, 0.29) is 11.9 Å². The summed E-state index contributed by atoms with van der Waals surface area (Å²) < 4.78 is 4.63. The molecule has 0 aromatic heterocycles. The summed E-state index contributed by atoms with van der Waals surface area (Å²) in [7, 11) is 5.42. The van der Waals surface area contributed by atoms with Crippen LogP contribution in [0.4, 0.5) is 0 Å². The molecule has 1 atom stereocenters. The number of carbonyl (C=O) groups is 1. The van der Waals surface area contributed by atoms with Crippen LogP contribution in [0, 0.1) is 5.92 Å². The zero-order valence-electron chi connectivity index (χ0n) is 8.75. The Bertz CT molecular complexity index is 149. The standard InChI is InChI=1S/C9H20N2O2/c1-11(2)6-4-5-8(7-10)9(12)13-3/h8H,4-7,10H2,1-3H3. The molecule has 0 aliphatic rings. The van der Waals surface area contributed by atoms with E-state index in [4.69, 9.17) is 5.73 Å². The van der Waals surface area contributed by atoms with Gasteiger partial charge in [0.05, 0.1) is 13.0 Å². The molecule has 13 heavy (non-hydrogen) atoms. The molecule has 0 rings (SSSR count). The number of hydrogen-bond acceptors (Lipinski definition) is 4. The Morgan fingerprint density at radius 1 is 1.54 bits per heavy atom. The minimum absolute atomic E-state index is 0.134. The molecule has 0 fully saturated rings. The lowest BCUT2D eigenvalue weighted by Gasteiger charge is -2.14. The number of nitrogens with zero attached hydrogens (tertiary/aromatic N) is 1. The summed E-state index contributed by atoms with van der Waals surface area (Å²) in [6.45, 7) is 1.35. The van der Waals surface area contributed by atoms with E-state index in [0.29, 0.717) is 6.54 Å². The largest absolute Gasteiger partial charge is 0.469 e. The Labute approximate surface area is 80.0 Å². The summed E-state index contributed by atoms with van der Waals surface area (Å²) in [4.78, 5) is 13.2. The van der Waals surface area contributed by atoms with Crippen LogP contribution in [0.15, 0.2) is 0 Å². The van der Waals surface area contributed by atoms with Crippen molar-refractivity contribution in [2.75, 3.05) is 34.3 Å². The Morgan fingerprint density at radius 3 is 2.54 bits per heavy atom. The maximum absolute atomic E-state index is 11.1. The second kappa shape index (κ2) is 6.86. The van der Waals surface area contributed by atoms with Crippen molar-refractivity contribution in [2.45, 2.75) is 12.8 Å². The predicted molar refractivity (Wildman–Crippen MR) is 52.3 cm³/mol. The first-order valence-corrected chi connectivity index (χ1v) is 4.54. The van der Waals surface area contributed by atoms with Gasteiger partial charge in [-0.2, -0.15) is 0 Å². The van der Waals surface area contributed by atoms with E-state index in [1.165, 1.54) is 7.11 Å². The number of nitrogens with two attached hydrogens (primary N) is 1. The van der Waals surface area contributed by atoms with Crippen LogP contribution in [-0.4, -0.2) is 45.2 Å². The maximum Gasteiger partial charge on any atom is 0.309 e. The zero-order chi connectivity index (χ0) is 10.3. The molecule has 0 aromatic rings. The average Bonchev–Trinajstić information content (AvgIpc) is 2.11. The van der Waals surface area contributed by atoms with Crippen LogP contribution in [-0.2, 0) is 9.53 Å². The van der Waals surface area contributed by atoms with Gasteiger partial charge in [0.2, 0.25) is 0 Å². The third kappa shape index (κ3) is 5.60. The topological polar surface area (TPSA) is 55.6 Å². The third-order valence-electron chi connectivity index (χ3n) is 1.98. The van der Waals surface area contributed by atoms with Gasteiger partial charge in [-0.1, -0.05) is 0 Å². The minimum Gasteiger partial charge on any atom is -0.469 e. The zero-order valence-corrected chi connectivity index (χ0v) is 8.75. The normalized spacial score (nSPS) is 13.0. The summed E-state index contributed by atoms with van der Waals surface area (Å²) >= 11 is 0. The Hall–Kier alpha value is -0.610. The highest BCUT2D eigenvalue weighted by Gasteiger charge is 2.16. The van der Waals surface area contributed by atoms with Crippen molar-refractivity contribution >= 4 is 5.97 Å². The summed E-state index contributed by atoms with van der Waals surface area (Å²) in [5.41, 5.74) is 5.45. The number of esters is 1. The van der Waals surface area contributed by atoms with Crippen molar-refractivity contribution in [1.29, 1.82) is 0 Å². The van der Waals surface area contributed by atoms with Crippen LogP contribution in [0.25, 0.3) is 0 Å². The summed E-state index contributed by atoms with van der Waals surface area (Å²) in [6.07, 6.45) is 1.78. The van der Waals surface area contributed by atoms with E-state index >= 15 is 0 Å². The van der Waals surface area contributed by atoms with E-state index < -0.39 is 0 Å². The summed E-state index contributed by atoms with van der Waals surface area (Å²) in [5.74, 6) is -0.328. The van der Waals surface area contributed by atoms with Crippen LogP contribution in [0.2, 0.25) is 0 Å². The lowest BCUT2D eigenvalue weighted by Crippen LogP contribution is -2.26. The van der Waals surface area contributed by atoms with Crippen LogP contribution >= 0.6 is 0 Å². The maximum atomic E-state index is 11.1. The first-order chi connectivity index (χ1) is 6.11. The second-order valence-corrected chi connectivity index (χ2v) is 3.40. The molecule has 1 unspecified atom stereocenters. The average molecular weight is 188 g/mol. The lowest BCUT2D eigenvalue weighted by atomic mass is 10.0. The fourth-order valence-electron chi connectivity index (χ4n) is 1.15. The molecule has 0 amide bonds. The monoisotopic (exact) mass is 188 g/mol. The van der Waals surface area contributed by atoms with Crippen molar-refractivity contribution in [3.8, 4) is 0 Å².